The first-order valence-electron chi connectivity index (χ1n) is 13.7. The molecule has 0 unspecified atom stereocenters. The van der Waals surface area contributed by atoms with Crippen molar-refractivity contribution in [3.8, 4) is 5.75 Å². The molecule has 11 heteroatoms. The van der Waals surface area contributed by atoms with Gasteiger partial charge in [-0.15, -0.1) is 0 Å². The number of methoxy groups -OCH3 is 1. The molecule has 0 saturated carbocycles. The maximum absolute atomic E-state index is 14.2. The molecule has 0 radical (unpaired) electrons. The zero-order chi connectivity index (χ0) is 31.0. The van der Waals surface area contributed by atoms with E-state index in [0.717, 1.165) is 9.87 Å². The Morgan fingerprint density at radius 1 is 0.952 bits per heavy atom. The number of carbonyl (C=O) groups is 2. The minimum absolute atomic E-state index is 0.00645. The van der Waals surface area contributed by atoms with E-state index in [1.807, 2.05) is 20.8 Å². The molecule has 0 bridgehead atoms. The third kappa shape index (κ3) is 7.96. The van der Waals surface area contributed by atoms with Gasteiger partial charge in [0.25, 0.3) is 10.0 Å². The van der Waals surface area contributed by atoms with Crippen LogP contribution in [-0.4, -0.2) is 50.9 Å². The second-order valence-electron chi connectivity index (χ2n) is 10.0. The number of halogens is 2. The molecule has 0 fully saturated rings. The van der Waals surface area contributed by atoms with Crippen molar-refractivity contribution in [2.45, 2.75) is 64.1 Å². The average molecular weight is 635 g/mol. The molecule has 0 heterocycles. The standard InChI is InChI=1S/C31H37Cl2N3O5S/c1-6-22(4)34-31(38)27(7-2)35(19-23-14-17-25(32)26(33)18-23)30(37)20-36(28-10-8-9-11-29(28)41-5)42(39,40)24-15-12-21(3)13-16-24/h8-18,22,27H,6-7,19-20H2,1-5H3,(H,34,38)/t22-,27-/m0/s1. The Morgan fingerprint density at radius 3 is 2.21 bits per heavy atom. The topological polar surface area (TPSA) is 96.0 Å². The van der Waals surface area contributed by atoms with Crippen LogP contribution >= 0.6 is 23.2 Å². The Labute approximate surface area is 258 Å². The van der Waals surface area contributed by atoms with Crippen molar-refractivity contribution >= 4 is 50.7 Å². The van der Waals surface area contributed by atoms with E-state index in [9.17, 15) is 18.0 Å². The predicted octanol–water partition coefficient (Wildman–Crippen LogP) is 6.23. The summed E-state index contributed by atoms with van der Waals surface area (Å²) in [5, 5.41) is 3.61. The number of hydrogen-bond acceptors (Lipinski definition) is 5. The van der Waals surface area contributed by atoms with Crippen molar-refractivity contribution in [1.29, 1.82) is 0 Å². The highest BCUT2D eigenvalue weighted by molar-refractivity contribution is 7.92. The lowest BCUT2D eigenvalue weighted by Crippen LogP contribution is -2.53. The van der Waals surface area contributed by atoms with Gasteiger partial charge >= 0.3 is 0 Å². The molecule has 0 spiro atoms. The molecule has 3 rings (SSSR count). The summed E-state index contributed by atoms with van der Waals surface area (Å²) >= 11 is 12.4. The number of nitrogens with zero attached hydrogens (tertiary/aromatic N) is 2. The second-order valence-corrected chi connectivity index (χ2v) is 12.7. The summed E-state index contributed by atoms with van der Waals surface area (Å²) in [6, 6.07) is 16.9. The summed E-state index contributed by atoms with van der Waals surface area (Å²) in [6.45, 7) is 6.92. The first-order chi connectivity index (χ1) is 19.9. The quantitative estimate of drug-likeness (QED) is 0.241. The van der Waals surface area contributed by atoms with Gasteiger partial charge in [0.05, 0.1) is 27.7 Å². The Hall–Kier alpha value is -3.27. The number of amides is 2. The summed E-state index contributed by atoms with van der Waals surface area (Å²) in [5.74, 6) is -0.627. The summed E-state index contributed by atoms with van der Waals surface area (Å²) in [6.07, 6.45) is 1.01. The van der Waals surface area contributed by atoms with Gasteiger partial charge in [0.1, 0.15) is 18.3 Å². The van der Waals surface area contributed by atoms with Crippen LogP contribution in [0.5, 0.6) is 5.75 Å². The van der Waals surface area contributed by atoms with Crippen molar-refractivity contribution in [3.63, 3.8) is 0 Å². The molecule has 3 aromatic carbocycles. The molecule has 226 valence electrons. The second kappa shape index (κ2) is 14.8. The molecule has 1 N–H and O–H groups in total. The van der Waals surface area contributed by atoms with Gasteiger partial charge in [-0.3, -0.25) is 13.9 Å². The number of nitrogens with one attached hydrogen (secondary N) is 1. The van der Waals surface area contributed by atoms with Gasteiger partial charge in [-0.05, 0) is 68.7 Å². The van der Waals surface area contributed by atoms with Gasteiger partial charge in [0, 0.05) is 12.6 Å². The van der Waals surface area contributed by atoms with Crippen LogP contribution in [0.15, 0.2) is 71.6 Å². The van der Waals surface area contributed by atoms with Gasteiger partial charge < -0.3 is 15.0 Å². The Kier molecular flexibility index (Phi) is 11.7. The zero-order valence-electron chi connectivity index (χ0n) is 24.4. The Morgan fingerprint density at radius 2 is 1.62 bits per heavy atom. The van der Waals surface area contributed by atoms with Crippen LogP contribution in [0.4, 0.5) is 5.69 Å². The van der Waals surface area contributed by atoms with E-state index in [-0.39, 0.29) is 34.8 Å². The first-order valence-corrected chi connectivity index (χ1v) is 15.9. The lowest BCUT2D eigenvalue weighted by atomic mass is 10.1. The van der Waals surface area contributed by atoms with Crippen LogP contribution in [-0.2, 0) is 26.2 Å². The van der Waals surface area contributed by atoms with Gasteiger partial charge in [-0.1, -0.05) is 72.9 Å². The molecule has 0 aliphatic rings. The monoisotopic (exact) mass is 633 g/mol. The van der Waals surface area contributed by atoms with Crippen LogP contribution in [0.25, 0.3) is 0 Å². The number of ether oxygens (including phenoxy) is 1. The summed E-state index contributed by atoms with van der Waals surface area (Å²) in [7, 11) is -2.80. The summed E-state index contributed by atoms with van der Waals surface area (Å²) in [4.78, 5) is 29.0. The molecule has 42 heavy (non-hydrogen) atoms. The first kappa shape index (κ1) is 33.2. The lowest BCUT2D eigenvalue weighted by molar-refractivity contribution is -0.140. The molecule has 0 saturated heterocycles. The highest BCUT2D eigenvalue weighted by Gasteiger charge is 2.35. The molecule has 2 amide bonds. The van der Waals surface area contributed by atoms with E-state index in [1.54, 1.807) is 61.5 Å². The molecule has 0 aliphatic carbocycles. The van der Waals surface area contributed by atoms with Gasteiger partial charge in [0.2, 0.25) is 11.8 Å². The average Bonchev–Trinajstić information content (AvgIpc) is 2.97. The number of aryl methyl sites for hydroxylation is 1. The fraction of sp³-hybridized carbons (Fsp3) is 0.355. The maximum Gasteiger partial charge on any atom is 0.264 e. The zero-order valence-corrected chi connectivity index (χ0v) is 26.8. The molecule has 0 aromatic heterocycles. The number of anilines is 1. The van der Waals surface area contributed by atoms with Crippen molar-refractivity contribution in [2.75, 3.05) is 18.0 Å². The highest BCUT2D eigenvalue weighted by Crippen LogP contribution is 2.33. The molecule has 8 nitrogen and oxygen atoms in total. The van der Waals surface area contributed by atoms with Crippen LogP contribution in [0, 0.1) is 6.92 Å². The number of para-hydroxylation sites is 2. The van der Waals surface area contributed by atoms with Gasteiger partial charge in [-0.25, -0.2) is 8.42 Å². The normalized spacial score (nSPS) is 12.7. The third-order valence-corrected chi connectivity index (χ3v) is 9.48. The minimum atomic E-state index is -4.23. The minimum Gasteiger partial charge on any atom is -0.495 e. The van der Waals surface area contributed by atoms with E-state index in [1.165, 1.54) is 24.1 Å². The molecule has 2 atom stereocenters. The van der Waals surface area contributed by atoms with E-state index in [0.29, 0.717) is 28.5 Å². The van der Waals surface area contributed by atoms with Crippen LogP contribution in [0.1, 0.15) is 44.7 Å². The van der Waals surface area contributed by atoms with Crippen LogP contribution in [0.2, 0.25) is 10.0 Å². The van der Waals surface area contributed by atoms with Crippen molar-refractivity contribution in [1.82, 2.24) is 10.2 Å². The molecule has 0 aliphatic heterocycles. The number of carbonyl (C=O) groups excluding carboxylic acids is 2. The number of benzene rings is 3. The summed E-state index contributed by atoms with van der Waals surface area (Å²) < 4.78 is 34.6. The van der Waals surface area contributed by atoms with Gasteiger partial charge in [0.15, 0.2) is 0 Å². The summed E-state index contributed by atoms with van der Waals surface area (Å²) in [5.41, 5.74) is 1.72. The van der Waals surface area contributed by atoms with Gasteiger partial charge in [-0.2, -0.15) is 0 Å². The molecular formula is C31H37Cl2N3O5S. The van der Waals surface area contributed by atoms with E-state index in [2.05, 4.69) is 5.32 Å². The Balaban J connectivity index is 2.11. The number of rotatable bonds is 13. The Bertz CT molecular complexity index is 1500. The molecular weight excluding hydrogens is 597 g/mol. The molecule has 3 aromatic rings. The fourth-order valence-electron chi connectivity index (χ4n) is 4.38. The number of hydrogen-bond donors (Lipinski definition) is 1. The maximum atomic E-state index is 14.2. The fourth-order valence-corrected chi connectivity index (χ4v) is 6.13. The van der Waals surface area contributed by atoms with Crippen molar-refractivity contribution < 1.29 is 22.7 Å². The van der Waals surface area contributed by atoms with Crippen LogP contribution in [0.3, 0.4) is 0 Å². The largest absolute Gasteiger partial charge is 0.495 e. The third-order valence-electron chi connectivity index (χ3n) is 6.97. The number of sulfonamides is 1. The predicted molar refractivity (Wildman–Crippen MR) is 168 cm³/mol. The highest BCUT2D eigenvalue weighted by atomic mass is 35.5. The van der Waals surface area contributed by atoms with E-state index in [4.69, 9.17) is 27.9 Å². The van der Waals surface area contributed by atoms with Crippen LogP contribution < -0.4 is 14.4 Å². The smallest absolute Gasteiger partial charge is 0.264 e. The van der Waals surface area contributed by atoms with E-state index < -0.39 is 28.5 Å². The lowest BCUT2D eigenvalue weighted by Gasteiger charge is -2.34. The van der Waals surface area contributed by atoms with Crippen molar-refractivity contribution in [3.05, 3.63) is 87.9 Å². The van der Waals surface area contributed by atoms with E-state index >= 15 is 0 Å². The SMILES string of the molecule is CC[C@H](C)NC(=O)[C@H](CC)N(Cc1ccc(Cl)c(Cl)c1)C(=O)CN(c1ccccc1OC)S(=O)(=O)c1ccc(C)cc1. The van der Waals surface area contributed by atoms with Crippen molar-refractivity contribution in [2.24, 2.45) is 0 Å².